The first kappa shape index (κ1) is 7.53. The summed E-state index contributed by atoms with van der Waals surface area (Å²) in [5, 5.41) is 3.44. The SMILES string of the molecule is CO[C@@H]1C[C@@H]2NCCO[C@@H]2C1. The van der Waals surface area contributed by atoms with Crippen molar-refractivity contribution in [2.75, 3.05) is 20.3 Å². The van der Waals surface area contributed by atoms with Crippen molar-refractivity contribution in [3.05, 3.63) is 0 Å². The minimum atomic E-state index is 0.411. The van der Waals surface area contributed by atoms with Gasteiger partial charge < -0.3 is 14.8 Å². The fraction of sp³-hybridized carbons (Fsp3) is 1.00. The largest absolute Gasteiger partial charge is 0.381 e. The van der Waals surface area contributed by atoms with Gasteiger partial charge in [0, 0.05) is 26.1 Å². The van der Waals surface area contributed by atoms with E-state index in [1.54, 1.807) is 7.11 Å². The van der Waals surface area contributed by atoms with Crippen LogP contribution >= 0.6 is 0 Å². The van der Waals surface area contributed by atoms with Crippen LogP contribution in [-0.4, -0.2) is 38.5 Å². The lowest BCUT2D eigenvalue weighted by molar-refractivity contribution is 0.00539. The Labute approximate surface area is 67.1 Å². The molecule has 0 spiro atoms. The van der Waals surface area contributed by atoms with Crippen molar-refractivity contribution in [1.29, 1.82) is 0 Å². The number of ether oxygens (including phenoxy) is 2. The van der Waals surface area contributed by atoms with Gasteiger partial charge in [0.1, 0.15) is 0 Å². The molecule has 1 N–H and O–H groups in total. The van der Waals surface area contributed by atoms with Crippen LogP contribution in [0.15, 0.2) is 0 Å². The normalized spacial score (nSPS) is 43.9. The smallest absolute Gasteiger partial charge is 0.0754 e. The Hall–Kier alpha value is -0.120. The molecule has 3 atom stereocenters. The monoisotopic (exact) mass is 157 g/mol. The molecule has 3 nitrogen and oxygen atoms in total. The zero-order valence-electron chi connectivity index (χ0n) is 6.88. The molecule has 0 bridgehead atoms. The van der Waals surface area contributed by atoms with Gasteiger partial charge in [0.05, 0.1) is 18.8 Å². The molecule has 0 aromatic rings. The fourth-order valence-electron chi connectivity index (χ4n) is 2.00. The van der Waals surface area contributed by atoms with Crippen LogP contribution in [0.2, 0.25) is 0 Å². The number of rotatable bonds is 1. The van der Waals surface area contributed by atoms with E-state index in [1.807, 2.05) is 0 Å². The summed E-state index contributed by atoms with van der Waals surface area (Å²) in [5.74, 6) is 0. The Morgan fingerprint density at radius 1 is 1.45 bits per heavy atom. The average Bonchev–Trinajstić information content (AvgIpc) is 2.46. The predicted octanol–water partition coefficient (Wildman–Crippen LogP) is 0.152. The summed E-state index contributed by atoms with van der Waals surface area (Å²) in [4.78, 5) is 0. The van der Waals surface area contributed by atoms with Gasteiger partial charge in [0.15, 0.2) is 0 Å². The second-order valence-corrected chi connectivity index (χ2v) is 3.30. The average molecular weight is 157 g/mol. The lowest BCUT2D eigenvalue weighted by atomic mass is 10.2. The number of hydrogen-bond acceptors (Lipinski definition) is 3. The maximum absolute atomic E-state index is 5.59. The van der Waals surface area contributed by atoms with Crippen LogP contribution in [0.25, 0.3) is 0 Å². The molecule has 2 rings (SSSR count). The molecule has 1 saturated carbocycles. The van der Waals surface area contributed by atoms with Crippen LogP contribution < -0.4 is 5.32 Å². The Morgan fingerprint density at radius 3 is 3.09 bits per heavy atom. The van der Waals surface area contributed by atoms with Crippen molar-refractivity contribution in [2.24, 2.45) is 0 Å². The summed E-state index contributed by atoms with van der Waals surface area (Å²) < 4.78 is 10.9. The highest BCUT2D eigenvalue weighted by Gasteiger charge is 2.36. The molecule has 0 aromatic heterocycles. The van der Waals surface area contributed by atoms with E-state index in [0.717, 1.165) is 26.0 Å². The van der Waals surface area contributed by atoms with Gasteiger partial charge in [0.2, 0.25) is 0 Å². The quantitative estimate of drug-likeness (QED) is 0.588. The second-order valence-electron chi connectivity index (χ2n) is 3.30. The Morgan fingerprint density at radius 2 is 2.36 bits per heavy atom. The Balaban J connectivity index is 1.92. The molecule has 3 heteroatoms. The van der Waals surface area contributed by atoms with Gasteiger partial charge in [-0.15, -0.1) is 0 Å². The minimum absolute atomic E-state index is 0.411. The molecule has 1 aliphatic heterocycles. The highest BCUT2D eigenvalue weighted by atomic mass is 16.5. The predicted molar refractivity (Wildman–Crippen MR) is 41.6 cm³/mol. The molecular formula is C8H15NO2. The van der Waals surface area contributed by atoms with Gasteiger partial charge in [-0.05, 0) is 6.42 Å². The Bertz CT molecular complexity index is 126. The lowest BCUT2D eigenvalue weighted by Crippen LogP contribution is -2.44. The van der Waals surface area contributed by atoms with Crippen molar-refractivity contribution < 1.29 is 9.47 Å². The summed E-state index contributed by atoms with van der Waals surface area (Å²) >= 11 is 0. The third kappa shape index (κ3) is 1.41. The summed E-state index contributed by atoms with van der Waals surface area (Å²) in [6.07, 6.45) is 3.00. The van der Waals surface area contributed by atoms with E-state index in [9.17, 15) is 0 Å². The number of hydrogen-bond donors (Lipinski definition) is 1. The van der Waals surface area contributed by atoms with Crippen molar-refractivity contribution in [2.45, 2.75) is 31.1 Å². The van der Waals surface area contributed by atoms with Crippen LogP contribution in [0.1, 0.15) is 12.8 Å². The van der Waals surface area contributed by atoms with E-state index in [1.165, 1.54) is 0 Å². The summed E-state index contributed by atoms with van der Waals surface area (Å²) in [6.45, 7) is 1.86. The van der Waals surface area contributed by atoms with E-state index < -0.39 is 0 Å². The van der Waals surface area contributed by atoms with E-state index in [2.05, 4.69) is 5.32 Å². The van der Waals surface area contributed by atoms with E-state index in [-0.39, 0.29) is 0 Å². The van der Waals surface area contributed by atoms with Crippen LogP contribution in [0.5, 0.6) is 0 Å². The number of methoxy groups -OCH3 is 1. The van der Waals surface area contributed by atoms with Gasteiger partial charge in [-0.1, -0.05) is 0 Å². The molecule has 0 radical (unpaired) electrons. The number of fused-ring (bicyclic) bond motifs is 1. The van der Waals surface area contributed by atoms with Crippen LogP contribution in [-0.2, 0) is 9.47 Å². The van der Waals surface area contributed by atoms with Gasteiger partial charge in [0.25, 0.3) is 0 Å². The van der Waals surface area contributed by atoms with Crippen LogP contribution in [0, 0.1) is 0 Å². The van der Waals surface area contributed by atoms with E-state index >= 15 is 0 Å². The molecule has 0 aromatic carbocycles. The maximum Gasteiger partial charge on any atom is 0.0754 e. The van der Waals surface area contributed by atoms with Crippen molar-refractivity contribution in [1.82, 2.24) is 5.32 Å². The molecule has 1 heterocycles. The maximum atomic E-state index is 5.59. The van der Waals surface area contributed by atoms with Crippen LogP contribution in [0.4, 0.5) is 0 Å². The lowest BCUT2D eigenvalue weighted by Gasteiger charge is -2.26. The summed E-state index contributed by atoms with van der Waals surface area (Å²) in [5.41, 5.74) is 0. The third-order valence-corrected chi connectivity index (χ3v) is 2.63. The Kier molecular flexibility index (Phi) is 2.11. The van der Waals surface area contributed by atoms with Gasteiger partial charge >= 0.3 is 0 Å². The minimum Gasteiger partial charge on any atom is -0.381 e. The zero-order valence-corrected chi connectivity index (χ0v) is 6.88. The number of nitrogens with one attached hydrogen (secondary N) is 1. The van der Waals surface area contributed by atoms with E-state index in [0.29, 0.717) is 18.2 Å². The summed E-state index contributed by atoms with van der Waals surface area (Å²) in [6, 6.07) is 0.550. The van der Waals surface area contributed by atoms with Crippen molar-refractivity contribution in [3.63, 3.8) is 0 Å². The molecule has 0 unspecified atom stereocenters. The zero-order chi connectivity index (χ0) is 7.68. The highest BCUT2D eigenvalue weighted by Crippen LogP contribution is 2.26. The number of morpholine rings is 1. The van der Waals surface area contributed by atoms with E-state index in [4.69, 9.17) is 9.47 Å². The molecule has 11 heavy (non-hydrogen) atoms. The van der Waals surface area contributed by atoms with Crippen molar-refractivity contribution in [3.8, 4) is 0 Å². The first-order valence-electron chi connectivity index (χ1n) is 4.28. The van der Waals surface area contributed by atoms with Gasteiger partial charge in [-0.3, -0.25) is 0 Å². The first-order valence-corrected chi connectivity index (χ1v) is 4.28. The van der Waals surface area contributed by atoms with Gasteiger partial charge in [-0.25, -0.2) is 0 Å². The highest BCUT2D eigenvalue weighted by molar-refractivity contribution is 4.92. The van der Waals surface area contributed by atoms with Crippen molar-refractivity contribution >= 4 is 0 Å². The standard InChI is InChI=1S/C8H15NO2/c1-10-6-4-7-8(5-6)11-3-2-9-7/h6-9H,2-5H2,1H3/t6-,7+,8-/m1/s1. The first-order chi connectivity index (χ1) is 5.40. The topological polar surface area (TPSA) is 30.5 Å². The summed E-state index contributed by atoms with van der Waals surface area (Å²) in [7, 11) is 1.78. The third-order valence-electron chi connectivity index (χ3n) is 2.63. The molecule has 2 fully saturated rings. The van der Waals surface area contributed by atoms with Gasteiger partial charge in [-0.2, -0.15) is 0 Å². The molecule has 1 saturated heterocycles. The molecule has 1 aliphatic carbocycles. The molecular weight excluding hydrogens is 142 g/mol. The van der Waals surface area contributed by atoms with Crippen LogP contribution in [0.3, 0.4) is 0 Å². The second kappa shape index (κ2) is 3.09. The molecule has 0 amide bonds. The fourth-order valence-corrected chi connectivity index (χ4v) is 2.00. The molecule has 64 valence electrons. The molecule has 2 aliphatic rings.